The molecule has 3 nitrogen and oxygen atoms in total. The van der Waals surface area contributed by atoms with Gasteiger partial charge in [0.15, 0.2) is 5.78 Å². The third-order valence-electron chi connectivity index (χ3n) is 6.83. The predicted octanol–water partition coefficient (Wildman–Crippen LogP) is 6.33. The van der Waals surface area contributed by atoms with Crippen LogP contribution in [0.1, 0.15) is 27.9 Å². The molecule has 0 radical (unpaired) electrons. The van der Waals surface area contributed by atoms with Gasteiger partial charge in [0.05, 0.1) is 11.4 Å². The van der Waals surface area contributed by atoms with Crippen molar-refractivity contribution in [1.82, 2.24) is 0 Å². The summed E-state index contributed by atoms with van der Waals surface area (Å²) in [5, 5.41) is 11.1. The van der Waals surface area contributed by atoms with E-state index < -0.39 is 0 Å². The molecule has 0 fully saturated rings. The molecule has 34 heavy (non-hydrogen) atoms. The van der Waals surface area contributed by atoms with Gasteiger partial charge in [-0.3, -0.25) is 4.79 Å². The molecular formula is C31H24N2O. The lowest BCUT2D eigenvalue weighted by molar-refractivity contribution is 0.0947. The van der Waals surface area contributed by atoms with Crippen molar-refractivity contribution < 1.29 is 4.79 Å². The second-order valence-electron chi connectivity index (χ2n) is 8.92. The van der Waals surface area contributed by atoms with Gasteiger partial charge in [-0.2, -0.15) is 10.2 Å². The zero-order valence-electron chi connectivity index (χ0n) is 18.8. The van der Waals surface area contributed by atoms with Gasteiger partial charge in [-0.05, 0) is 88.4 Å². The Morgan fingerprint density at radius 2 is 1.41 bits per heavy atom. The van der Waals surface area contributed by atoms with Gasteiger partial charge in [0, 0.05) is 11.5 Å². The quantitative estimate of drug-likeness (QED) is 0.270. The number of benzene rings is 4. The first-order valence-corrected chi connectivity index (χ1v) is 11.8. The van der Waals surface area contributed by atoms with E-state index in [0.717, 1.165) is 36.2 Å². The highest BCUT2D eigenvalue weighted by Gasteiger charge is 2.23. The minimum atomic E-state index is -0.110. The molecule has 1 atom stereocenters. The molecule has 0 N–H and O–H groups in total. The van der Waals surface area contributed by atoms with Crippen molar-refractivity contribution in [1.29, 1.82) is 0 Å². The van der Waals surface area contributed by atoms with Crippen molar-refractivity contribution in [2.24, 2.45) is 16.1 Å². The van der Waals surface area contributed by atoms with E-state index in [2.05, 4.69) is 58.8 Å². The lowest BCUT2D eigenvalue weighted by atomic mass is 9.82. The standard InChI is InChI=1S/C31H24N2O/c34-31(23-12-16-26(17-13-23)33-32-25-7-2-1-3-8-25)24-11-10-22-15-18-28-27-9-5-4-6-21(27)14-19-29(28)30(22)20-24/h1-9,12-13,15-20,24H,10-11,14H2. The van der Waals surface area contributed by atoms with E-state index in [1.807, 2.05) is 54.6 Å². The number of ketones is 1. The zero-order chi connectivity index (χ0) is 22.9. The molecule has 4 aromatic rings. The van der Waals surface area contributed by atoms with Crippen LogP contribution < -0.4 is 10.4 Å². The van der Waals surface area contributed by atoms with Crippen LogP contribution in [0.4, 0.5) is 11.4 Å². The Balaban J connectivity index is 1.29. The summed E-state index contributed by atoms with van der Waals surface area (Å²) < 4.78 is 0. The van der Waals surface area contributed by atoms with E-state index in [4.69, 9.17) is 0 Å². The van der Waals surface area contributed by atoms with E-state index >= 15 is 0 Å². The van der Waals surface area contributed by atoms with Gasteiger partial charge in [-0.1, -0.05) is 66.7 Å². The molecule has 3 heteroatoms. The van der Waals surface area contributed by atoms with Gasteiger partial charge in [0.2, 0.25) is 0 Å². The van der Waals surface area contributed by atoms with Crippen LogP contribution in [-0.2, 0) is 12.8 Å². The molecular weight excluding hydrogens is 416 g/mol. The average molecular weight is 441 g/mol. The number of carbonyl (C=O) groups excluding carboxylic acids is 1. The van der Waals surface area contributed by atoms with Crippen molar-refractivity contribution in [3.8, 4) is 11.1 Å². The highest BCUT2D eigenvalue weighted by atomic mass is 16.1. The molecule has 164 valence electrons. The Labute approximate surface area is 198 Å². The highest BCUT2D eigenvalue weighted by Crippen LogP contribution is 2.26. The van der Waals surface area contributed by atoms with Gasteiger partial charge < -0.3 is 0 Å². The Hall–Kier alpha value is -4.11. The summed E-state index contributed by atoms with van der Waals surface area (Å²) in [6, 6.07) is 30.2. The second-order valence-corrected chi connectivity index (χ2v) is 8.92. The molecule has 0 saturated heterocycles. The predicted molar refractivity (Wildman–Crippen MR) is 137 cm³/mol. The fourth-order valence-corrected chi connectivity index (χ4v) is 5.04. The number of nitrogens with zero attached hydrogens (tertiary/aromatic N) is 2. The van der Waals surface area contributed by atoms with Crippen LogP contribution in [-0.4, -0.2) is 5.78 Å². The monoisotopic (exact) mass is 440 g/mol. The minimum absolute atomic E-state index is 0.110. The second kappa shape index (κ2) is 8.68. The summed E-state index contributed by atoms with van der Waals surface area (Å²) in [5.74, 6) is 0.0624. The molecule has 0 aromatic heterocycles. The van der Waals surface area contributed by atoms with Crippen LogP contribution in [0.5, 0.6) is 0 Å². The third kappa shape index (κ3) is 3.80. The lowest BCUT2D eigenvalue weighted by Gasteiger charge is -2.21. The van der Waals surface area contributed by atoms with Crippen LogP contribution in [0.25, 0.3) is 23.3 Å². The molecule has 0 aliphatic heterocycles. The molecule has 0 saturated carbocycles. The maximum absolute atomic E-state index is 13.4. The fourth-order valence-electron chi connectivity index (χ4n) is 5.04. The number of fused-ring (bicyclic) bond motifs is 5. The number of rotatable bonds is 4. The molecule has 0 spiro atoms. The molecule has 2 aliphatic rings. The maximum Gasteiger partial charge on any atom is 0.169 e. The molecule has 0 heterocycles. The van der Waals surface area contributed by atoms with E-state index in [9.17, 15) is 4.79 Å². The highest BCUT2D eigenvalue weighted by molar-refractivity contribution is 6.01. The number of Topliss-reactive ketones (excluding diaryl/α,β-unsaturated/α-hetero) is 1. The van der Waals surface area contributed by atoms with Gasteiger partial charge in [0.25, 0.3) is 0 Å². The summed E-state index contributed by atoms with van der Waals surface area (Å²) in [6.07, 6.45) is 7.23. The smallest absolute Gasteiger partial charge is 0.169 e. The number of carbonyl (C=O) groups is 1. The zero-order valence-corrected chi connectivity index (χ0v) is 18.8. The first-order chi connectivity index (χ1) is 16.8. The number of hydrogen-bond donors (Lipinski definition) is 0. The molecule has 1 unspecified atom stereocenters. The van der Waals surface area contributed by atoms with E-state index in [1.165, 1.54) is 32.7 Å². The molecule has 0 bridgehead atoms. The van der Waals surface area contributed by atoms with Crippen LogP contribution >= 0.6 is 0 Å². The van der Waals surface area contributed by atoms with E-state index in [-0.39, 0.29) is 11.7 Å². The molecule has 6 rings (SSSR count). The topological polar surface area (TPSA) is 41.8 Å². The van der Waals surface area contributed by atoms with Crippen molar-refractivity contribution >= 4 is 29.3 Å². The lowest BCUT2D eigenvalue weighted by Crippen LogP contribution is -2.37. The van der Waals surface area contributed by atoms with Gasteiger partial charge in [-0.25, -0.2) is 0 Å². The third-order valence-corrected chi connectivity index (χ3v) is 6.83. The van der Waals surface area contributed by atoms with E-state index in [1.54, 1.807) is 0 Å². The largest absolute Gasteiger partial charge is 0.294 e. The van der Waals surface area contributed by atoms with Crippen molar-refractivity contribution in [2.45, 2.75) is 19.3 Å². The van der Waals surface area contributed by atoms with E-state index in [0.29, 0.717) is 0 Å². The summed E-state index contributed by atoms with van der Waals surface area (Å²) in [4.78, 5) is 13.4. The van der Waals surface area contributed by atoms with Crippen LogP contribution in [0.3, 0.4) is 0 Å². The average Bonchev–Trinajstić information content (AvgIpc) is 2.91. The van der Waals surface area contributed by atoms with Gasteiger partial charge in [0.1, 0.15) is 0 Å². The maximum atomic E-state index is 13.4. The summed E-state index contributed by atoms with van der Waals surface area (Å²) in [5.41, 5.74) is 7.56. The van der Waals surface area contributed by atoms with Crippen LogP contribution in [0, 0.1) is 5.92 Å². The number of aryl methyl sites for hydroxylation is 1. The van der Waals surface area contributed by atoms with Gasteiger partial charge >= 0.3 is 0 Å². The minimum Gasteiger partial charge on any atom is -0.294 e. The van der Waals surface area contributed by atoms with Gasteiger partial charge in [-0.15, -0.1) is 0 Å². The summed E-state index contributed by atoms with van der Waals surface area (Å²) in [7, 11) is 0. The summed E-state index contributed by atoms with van der Waals surface area (Å²) in [6.45, 7) is 0. The normalized spacial score (nSPS) is 16.1. The first kappa shape index (κ1) is 20.5. The Morgan fingerprint density at radius 1 is 0.676 bits per heavy atom. The van der Waals surface area contributed by atoms with Crippen molar-refractivity contribution in [2.75, 3.05) is 0 Å². The van der Waals surface area contributed by atoms with Crippen LogP contribution in [0.2, 0.25) is 0 Å². The Morgan fingerprint density at radius 3 is 2.24 bits per heavy atom. The molecule has 4 aromatic carbocycles. The Kier molecular flexibility index (Phi) is 5.23. The summed E-state index contributed by atoms with van der Waals surface area (Å²) >= 11 is 0. The number of azo groups is 1. The van der Waals surface area contributed by atoms with Crippen molar-refractivity contribution in [3.05, 3.63) is 118 Å². The Bertz CT molecular complexity index is 1530. The van der Waals surface area contributed by atoms with Crippen LogP contribution in [0.15, 0.2) is 101 Å². The number of hydrogen-bond acceptors (Lipinski definition) is 3. The molecule has 2 aliphatic carbocycles. The fraction of sp³-hybridized carbons (Fsp3) is 0.129. The SMILES string of the molecule is O=C(c1ccc(N=Nc2ccccc2)cc1)C1C=c2c(ccc3c2=CCc2ccccc2-3)CC1. The van der Waals surface area contributed by atoms with Crippen molar-refractivity contribution in [3.63, 3.8) is 0 Å². The molecule has 0 amide bonds. The first-order valence-electron chi connectivity index (χ1n) is 11.8.